The molecule has 0 spiro atoms. The molecular weight excluding hydrogens is 356 g/mol. The van der Waals surface area contributed by atoms with E-state index in [-0.39, 0.29) is 30.3 Å². The number of piperidine rings is 2. The summed E-state index contributed by atoms with van der Waals surface area (Å²) in [6.07, 6.45) is 2.69. The van der Waals surface area contributed by atoms with Crippen LogP contribution < -0.4 is 5.32 Å². The topological polar surface area (TPSA) is 78.7 Å². The summed E-state index contributed by atoms with van der Waals surface area (Å²) in [5, 5.41) is 7.05. The van der Waals surface area contributed by atoms with E-state index in [1.165, 1.54) is 0 Å². The number of halogens is 1. The summed E-state index contributed by atoms with van der Waals surface area (Å²) >= 11 is 0. The van der Waals surface area contributed by atoms with Gasteiger partial charge in [-0.15, -0.1) is 12.4 Å². The number of aryl methyl sites for hydroxylation is 2. The molecule has 0 aliphatic carbocycles. The summed E-state index contributed by atoms with van der Waals surface area (Å²) < 4.78 is 5.16. The first-order valence-corrected chi connectivity index (χ1v) is 9.14. The molecule has 1 aromatic heterocycles. The highest BCUT2D eigenvalue weighted by Crippen LogP contribution is 2.31. The molecule has 1 aromatic rings. The fourth-order valence-electron chi connectivity index (χ4n) is 4.12. The fraction of sp³-hybridized carbons (Fsp3) is 0.722. The molecule has 146 valence electrons. The minimum atomic E-state index is 0. The van der Waals surface area contributed by atoms with Crippen molar-refractivity contribution < 1.29 is 14.1 Å². The predicted molar refractivity (Wildman–Crippen MR) is 100 cm³/mol. The van der Waals surface area contributed by atoms with Gasteiger partial charge in [-0.2, -0.15) is 0 Å². The Morgan fingerprint density at radius 3 is 2.77 bits per heavy atom. The van der Waals surface area contributed by atoms with E-state index in [0.29, 0.717) is 25.3 Å². The van der Waals surface area contributed by atoms with Crippen molar-refractivity contribution in [3.63, 3.8) is 0 Å². The molecule has 2 aliphatic heterocycles. The van der Waals surface area contributed by atoms with Gasteiger partial charge in [0.05, 0.1) is 12.1 Å². The van der Waals surface area contributed by atoms with E-state index in [1.807, 2.05) is 30.7 Å². The Morgan fingerprint density at radius 1 is 1.35 bits per heavy atom. The molecule has 2 atom stereocenters. The molecule has 0 saturated carbocycles. The molecule has 2 saturated heterocycles. The normalized spacial score (nSPS) is 22.8. The number of nitrogens with zero attached hydrogens (tertiary/aromatic N) is 3. The Hall–Kier alpha value is -1.60. The zero-order valence-corrected chi connectivity index (χ0v) is 16.6. The summed E-state index contributed by atoms with van der Waals surface area (Å²) in [6.45, 7) is 6.75. The number of nitrogens with one attached hydrogen (secondary N) is 1. The number of aromatic nitrogens is 1. The molecule has 26 heavy (non-hydrogen) atoms. The zero-order chi connectivity index (χ0) is 18.0. The van der Waals surface area contributed by atoms with Crippen LogP contribution >= 0.6 is 12.4 Å². The van der Waals surface area contributed by atoms with E-state index in [1.54, 1.807) is 0 Å². The molecular formula is C18H29ClN4O3. The Kier molecular flexibility index (Phi) is 7.06. The number of rotatable bonds is 5. The lowest BCUT2D eigenvalue weighted by molar-refractivity contribution is -0.143. The van der Waals surface area contributed by atoms with Crippen molar-refractivity contribution in [1.29, 1.82) is 0 Å². The molecule has 7 nitrogen and oxygen atoms in total. The van der Waals surface area contributed by atoms with Crippen molar-refractivity contribution in [1.82, 2.24) is 20.3 Å². The zero-order valence-electron chi connectivity index (χ0n) is 15.8. The maximum absolute atomic E-state index is 12.7. The fourth-order valence-corrected chi connectivity index (χ4v) is 4.12. The minimum absolute atomic E-state index is 0. The van der Waals surface area contributed by atoms with Crippen LogP contribution in [0.4, 0.5) is 0 Å². The second-order valence-corrected chi connectivity index (χ2v) is 7.16. The van der Waals surface area contributed by atoms with Crippen molar-refractivity contribution >= 4 is 24.2 Å². The van der Waals surface area contributed by atoms with Gasteiger partial charge in [0.25, 0.3) is 0 Å². The highest BCUT2D eigenvalue weighted by molar-refractivity contribution is 5.85. The van der Waals surface area contributed by atoms with Crippen LogP contribution in [0.3, 0.4) is 0 Å². The molecule has 2 amide bonds. The van der Waals surface area contributed by atoms with Gasteiger partial charge in [0.1, 0.15) is 5.76 Å². The lowest BCUT2D eigenvalue weighted by Crippen LogP contribution is -2.58. The van der Waals surface area contributed by atoms with Gasteiger partial charge in [-0.3, -0.25) is 9.59 Å². The van der Waals surface area contributed by atoms with Crippen LogP contribution in [-0.4, -0.2) is 66.0 Å². The standard InChI is InChI=1S/C18H28N4O3.ClH/c1-12-15(13(2)25-20-12)10-18(24)21-8-6-16-14(11-21)4-5-17(23)22(16)9-7-19-3;/h14,16,19H,4-11H2,1-3H3;1H/t14-,16+;/m0./s1. The van der Waals surface area contributed by atoms with E-state index in [4.69, 9.17) is 4.52 Å². The van der Waals surface area contributed by atoms with Crippen molar-refractivity contribution in [3.05, 3.63) is 17.0 Å². The SMILES string of the molecule is CNCCN1C(=O)CC[C@H]2CN(C(=O)Cc3c(C)noc3C)CC[C@H]21.Cl. The van der Waals surface area contributed by atoms with Crippen LogP contribution in [0.2, 0.25) is 0 Å². The maximum atomic E-state index is 12.7. The minimum Gasteiger partial charge on any atom is -0.361 e. The van der Waals surface area contributed by atoms with Gasteiger partial charge in [-0.05, 0) is 39.7 Å². The summed E-state index contributed by atoms with van der Waals surface area (Å²) in [5.41, 5.74) is 1.70. The van der Waals surface area contributed by atoms with Crippen molar-refractivity contribution in [2.24, 2.45) is 5.92 Å². The molecule has 3 heterocycles. The molecule has 0 unspecified atom stereocenters. The second kappa shape index (κ2) is 8.86. The average molecular weight is 385 g/mol. The number of carbonyl (C=O) groups is 2. The third-order valence-corrected chi connectivity index (χ3v) is 5.61. The smallest absolute Gasteiger partial charge is 0.227 e. The molecule has 1 N–H and O–H groups in total. The quantitative estimate of drug-likeness (QED) is 0.828. The number of carbonyl (C=O) groups excluding carboxylic acids is 2. The molecule has 3 rings (SSSR count). The van der Waals surface area contributed by atoms with E-state index in [2.05, 4.69) is 10.5 Å². The molecule has 0 aromatic carbocycles. The predicted octanol–water partition coefficient (Wildman–Crippen LogP) is 1.31. The van der Waals surface area contributed by atoms with Crippen LogP contribution in [0.5, 0.6) is 0 Å². The van der Waals surface area contributed by atoms with Crippen LogP contribution in [0.15, 0.2) is 4.52 Å². The van der Waals surface area contributed by atoms with Crippen molar-refractivity contribution in [3.8, 4) is 0 Å². The molecule has 2 fully saturated rings. The second-order valence-electron chi connectivity index (χ2n) is 7.16. The number of fused-ring (bicyclic) bond motifs is 1. The molecule has 0 bridgehead atoms. The van der Waals surface area contributed by atoms with Gasteiger partial charge in [0, 0.05) is 44.2 Å². The molecule has 2 aliphatic rings. The third kappa shape index (κ3) is 4.20. The highest BCUT2D eigenvalue weighted by Gasteiger charge is 2.40. The number of likely N-dealkylation sites (N-methyl/N-ethyl adjacent to an activating group) is 1. The van der Waals surface area contributed by atoms with E-state index in [0.717, 1.165) is 49.5 Å². The molecule has 0 radical (unpaired) electrons. The molecule has 8 heteroatoms. The summed E-state index contributed by atoms with van der Waals surface area (Å²) in [6, 6.07) is 0.276. The number of hydrogen-bond acceptors (Lipinski definition) is 5. The number of hydrogen-bond donors (Lipinski definition) is 1. The van der Waals surface area contributed by atoms with E-state index >= 15 is 0 Å². The van der Waals surface area contributed by atoms with Crippen LogP contribution in [-0.2, 0) is 16.0 Å². The number of amides is 2. The van der Waals surface area contributed by atoms with Crippen LogP contribution in [0.1, 0.15) is 36.3 Å². The summed E-state index contributed by atoms with van der Waals surface area (Å²) in [4.78, 5) is 29.0. The Balaban J connectivity index is 0.00000243. The van der Waals surface area contributed by atoms with Gasteiger partial charge >= 0.3 is 0 Å². The van der Waals surface area contributed by atoms with Gasteiger partial charge in [-0.25, -0.2) is 0 Å². The Labute approximate surface area is 160 Å². The van der Waals surface area contributed by atoms with Gasteiger partial charge in [-0.1, -0.05) is 5.16 Å². The van der Waals surface area contributed by atoms with E-state index in [9.17, 15) is 9.59 Å². The van der Waals surface area contributed by atoms with Crippen LogP contribution in [0, 0.1) is 19.8 Å². The lowest BCUT2D eigenvalue weighted by atomic mass is 9.83. The average Bonchev–Trinajstić information content (AvgIpc) is 2.92. The maximum Gasteiger partial charge on any atom is 0.227 e. The largest absolute Gasteiger partial charge is 0.361 e. The third-order valence-electron chi connectivity index (χ3n) is 5.61. The lowest BCUT2D eigenvalue weighted by Gasteiger charge is -2.47. The Bertz CT molecular complexity index is 629. The Morgan fingerprint density at radius 2 is 2.12 bits per heavy atom. The van der Waals surface area contributed by atoms with Crippen molar-refractivity contribution in [2.75, 3.05) is 33.2 Å². The van der Waals surface area contributed by atoms with Crippen LogP contribution in [0.25, 0.3) is 0 Å². The first-order chi connectivity index (χ1) is 12.0. The first-order valence-electron chi connectivity index (χ1n) is 9.14. The van der Waals surface area contributed by atoms with Gasteiger partial charge < -0.3 is 19.6 Å². The van der Waals surface area contributed by atoms with Crippen molar-refractivity contribution in [2.45, 2.75) is 45.6 Å². The highest BCUT2D eigenvalue weighted by atomic mass is 35.5. The monoisotopic (exact) mass is 384 g/mol. The summed E-state index contributed by atoms with van der Waals surface area (Å²) in [5.74, 6) is 1.50. The van der Waals surface area contributed by atoms with E-state index < -0.39 is 0 Å². The first kappa shape index (κ1) is 20.7. The summed E-state index contributed by atoms with van der Waals surface area (Å²) in [7, 11) is 1.90. The van der Waals surface area contributed by atoms with Gasteiger partial charge in [0.15, 0.2) is 0 Å². The number of likely N-dealkylation sites (tertiary alicyclic amines) is 2. The van der Waals surface area contributed by atoms with Gasteiger partial charge in [0.2, 0.25) is 11.8 Å².